The molecule has 0 spiro atoms. The van der Waals surface area contributed by atoms with Crippen LogP contribution in [0.4, 0.5) is 0 Å². The third-order valence-corrected chi connectivity index (χ3v) is 3.35. The van der Waals surface area contributed by atoms with E-state index in [1.807, 2.05) is 24.4 Å². The fourth-order valence-electron chi connectivity index (χ4n) is 1.82. The molecule has 0 amide bonds. The third kappa shape index (κ3) is 3.79. The van der Waals surface area contributed by atoms with Gasteiger partial charge in [-0.15, -0.1) is 0 Å². The molecule has 5 nitrogen and oxygen atoms in total. The molecule has 0 aliphatic heterocycles. The smallest absolute Gasteiger partial charge is 0.101 e. The molecule has 104 valence electrons. The summed E-state index contributed by atoms with van der Waals surface area (Å²) in [6, 6.07) is 8.05. The lowest BCUT2D eigenvalue weighted by Gasteiger charge is -2.08. The molecule has 1 heterocycles. The van der Waals surface area contributed by atoms with E-state index in [2.05, 4.69) is 39.1 Å². The SMILES string of the molecule is COCCNCc1ccc(-n2cc(I)cn2)c(C#N)c1. The number of ether oxygens (including phenoxy) is 1. The molecule has 1 N–H and O–H groups in total. The lowest BCUT2D eigenvalue weighted by atomic mass is 10.1. The fraction of sp³-hybridized carbons (Fsp3) is 0.286. The molecule has 0 radical (unpaired) electrons. The van der Waals surface area contributed by atoms with E-state index in [-0.39, 0.29) is 0 Å². The van der Waals surface area contributed by atoms with Crippen LogP contribution in [0.15, 0.2) is 30.6 Å². The number of nitrogens with zero attached hydrogens (tertiary/aromatic N) is 3. The van der Waals surface area contributed by atoms with Gasteiger partial charge in [-0.05, 0) is 40.3 Å². The zero-order chi connectivity index (χ0) is 14.4. The molecule has 0 fully saturated rings. The maximum Gasteiger partial charge on any atom is 0.101 e. The first-order valence-electron chi connectivity index (χ1n) is 6.18. The van der Waals surface area contributed by atoms with Crippen LogP contribution in [-0.2, 0) is 11.3 Å². The summed E-state index contributed by atoms with van der Waals surface area (Å²) < 4.78 is 7.74. The summed E-state index contributed by atoms with van der Waals surface area (Å²) in [7, 11) is 1.68. The zero-order valence-corrected chi connectivity index (χ0v) is 13.3. The summed E-state index contributed by atoms with van der Waals surface area (Å²) in [5, 5.41) is 16.8. The first-order chi connectivity index (χ1) is 9.74. The fourth-order valence-corrected chi connectivity index (χ4v) is 2.21. The number of hydrogen-bond acceptors (Lipinski definition) is 4. The van der Waals surface area contributed by atoms with Gasteiger partial charge in [-0.25, -0.2) is 4.68 Å². The van der Waals surface area contributed by atoms with Crippen LogP contribution in [0, 0.1) is 14.9 Å². The van der Waals surface area contributed by atoms with Crippen molar-refractivity contribution in [3.05, 3.63) is 45.3 Å². The predicted molar refractivity (Wildman–Crippen MR) is 84.6 cm³/mol. The Morgan fingerprint density at radius 2 is 2.35 bits per heavy atom. The Morgan fingerprint density at radius 1 is 1.50 bits per heavy atom. The summed E-state index contributed by atoms with van der Waals surface area (Å²) >= 11 is 2.20. The van der Waals surface area contributed by atoms with Gasteiger partial charge in [-0.1, -0.05) is 6.07 Å². The van der Waals surface area contributed by atoms with Crippen molar-refractivity contribution < 1.29 is 4.74 Å². The summed E-state index contributed by atoms with van der Waals surface area (Å²) in [6.07, 6.45) is 3.66. The Morgan fingerprint density at radius 3 is 3.00 bits per heavy atom. The van der Waals surface area contributed by atoms with Crippen LogP contribution >= 0.6 is 22.6 Å². The summed E-state index contributed by atoms with van der Waals surface area (Å²) in [5.41, 5.74) is 2.50. The van der Waals surface area contributed by atoms with E-state index in [4.69, 9.17) is 4.74 Å². The number of rotatable bonds is 6. The molecule has 20 heavy (non-hydrogen) atoms. The monoisotopic (exact) mass is 382 g/mol. The van der Waals surface area contributed by atoms with E-state index in [0.29, 0.717) is 12.2 Å². The number of hydrogen-bond donors (Lipinski definition) is 1. The molecule has 1 aromatic heterocycles. The molecule has 0 atom stereocenters. The largest absolute Gasteiger partial charge is 0.383 e. The number of methoxy groups -OCH3 is 1. The highest BCUT2D eigenvalue weighted by Gasteiger charge is 2.07. The van der Waals surface area contributed by atoms with Gasteiger partial charge < -0.3 is 10.1 Å². The summed E-state index contributed by atoms with van der Waals surface area (Å²) in [5.74, 6) is 0. The number of benzene rings is 1. The van der Waals surface area contributed by atoms with E-state index >= 15 is 0 Å². The number of aromatic nitrogens is 2. The van der Waals surface area contributed by atoms with Gasteiger partial charge in [0.2, 0.25) is 0 Å². The van der Waals surface area contributed by atoms with E-state index < -0.39 is 0 Å². The Balaban J connectivity index is 2.14. The van der Waals surface area contributed by atoms with Gasteiger partial charge in [0.1, 0.15) is 6.07 Å². The lowest BCUT2D eigenvalue weighted by Crippen LogP contribution is -2.18. The minimum Gasteiger partial charge on any atom is -0.383 e. The zero-order valence-electron chi connectivity index (χ0n) is 11.1. The predicted octanol–water partition coefficient (Wildman–Crippen LogP) is 2.08. The number of nitrogens with one attached hydrogen (secondary N) is 1. The van der Waals surface area contributed by atoms with Crippen molar-refractivity contribution in [1.29, 1.82) is 5.26 Å². The summed E-state index contributed by atoms with van der Waals surface area (Å²) in [6.45, 7) is 2.18. The van der Waals surface area contributed by atoms with Gasteiger partial charge in [-0.3, -0.25) is 0 Å². The molecule has 2 rings (SSSR count). The number of halogens is 1. The molecular formula is C14H15IN4O. The van der Waals surface area contributed by atoms with Crippen LogP contribution in [0.25, 0.3) is 5.69 Å². The van der Waals surface area contributed by atoms with Gasteiger partial charge in [0.15, 0.2) is 0 Å². The standard InChI is InChI=1S/C14H15IN4O/c1-20-5-4-17-8-11-2-3-14(12(6-11)7-16)19-10-13(15)9-18-19/h2-3,6,9-10,17H,4-5,8H2,1H3. The molecule has 0 saturated carbocycles. The van der Waals surface area contributed by atoms with Crippen molar-refractivity contribution in [2.75, 3.05) is 20.3 Å². The molecule has 2 aromatic rings. The Kier molecular flexibility index (Phi) is 5.52. The second-order valence-corrected chi connectivity index (χ2v) is 5.48. The van der Waals surface area contributed by atoms with E-state index in [1.165, 1.54) is 0 Å². The van der Waals surface area contributed by atoms with E-state index in [0.717, 1.165) is 27.9 Å². The van der Waals surface area contributed by atoms with E-state index in [9.17, 15) is 5.26 Å². The number of nitriles is 1. The van der Waals surface area contributed by atoms with Crippen LogP contribution in [0.5, 0.6) is 0 Å². The molecule has 0 bridgehead atoms. The van der Waals surface area contributed by atoms with Crippen molar-refractivity contribution in [2.24, 2.45) is 0 Å². The van der Waals surface area contributed by atoms with Gasteiger partial charge >= 0.3 is 0 Å². The van der Waals surface area contributed by atoms with Gasteiger partial charge in [0.25, 0.3) is 0 Å². The van der Waals surface area contributed by atoms with Crippen molar-refractivity contribution in [3.63, 3.8) is 0 Å². The highest BCUT2D eigenvalue weighted by Crippen LogP contribution is 2.16. The molecule has 0 saturated heterocycles. The molecule has 1 aromatic carbocycles. The quantitative estimate of drug-likeness (QED) is 0.614. The van der Waals surface area contributed by atoms with E-state index in [1.54, 1.807) is 18.0 Å². The normalized spacial score (nSPS) is 10.4. The molecule has 0 aliphatic rings. The first kappa shape index (κ1) is 15.0. The van der Waals surface area contributed by atoms with Crippen LogP contribution < -0.4 is 5.32 Å². The molecule has 6 heteroatoms. The Bertz CT molecular complexity index is 618. The molecule has 0 aliphatic carbocycles. The average Bonchev–Trinajstić information content (AvgIpc) is 2.90. The average molecular weight is 382 g/mol. The molecular weight excluding hydrogens is 367 g/mol. The van der Waals surface area contributed by atoms with Gasteiger partial charge in [0, 0.05) is 26.4 Å². The second-order valence-electron chi connectivity index (χ2n) is 4.24. The second kappa shape index (κ2) is 7.38. The van der Waals surface area contributed by atoms with Gasteiger partial charge in [-0.2, -0.15) is 10.4 Å². The van der Waals surface area contributed by atoms with Crippen LogP contribution in [-0.4, -0.2) is 30.0 Å². The van der Waals surface area contributed by atoms with Crippen LogP contribution in [0.1, 0.15) is 11.1 Å². The molecule has 0 unspecified atom stereocenters. The van der Waals surface area contributed by atoms with Gasteiger partial charge in [0.05, 0.1) is 27.6 Å². The minimum atomic E-state index is 0.621. The third-order valence-electron chi connectivity index (χ3n) is 2.79. The van der Waals surface area contributed by atoms with Crippen LogP contribution in [0.3, 0.4) is 0 Å². The minimum absolute atomic E-state index is 0.621. The Hall–Kier alpha value is -1.43. The maximum absolute atomic E-state index is 9.29. The maximum atomic E-state index is 9.29. The highest BCUT2D eigenvalue weighted by molar-refractivity contribution is 14.1. The highest BCUT2D eigenvalue weighted by atomic mass is 127. The topological polar surface area (TPSA) is 62.9 Å². The summed E-state index contributed by atoms with van der Waals surface area (Å²) in [4.78, 5) is 0. The van der Waals surface area contributed by atoms with Crippen molar-refractivity contribution >= 4 is 22.6 Å². The van der Waals surface area contributed by atoms with Crippen LogP contribution in [0.2, 0.25) is 0 Å². The lowest BCUT2D eigenvalue weighted by molar-refractivity contribution is 0.199. The van der Waals surface area contributed by atoms with Crippen molar-refractivity contribution in [2.45, 2.75) is 6.54 Å². The van der Waals surface area contributed by atoms with Crippen molar-refractivity contribution in [1.82, 2.24) is 15.1 Å². The Labute approximate surface area is 131 Å². The first-order valence-corrected chi connectivity index (χ1v) is 7.25. The van der Waals surface area contributed by atoms with Crippen molar-refractivity contribution in [3.8, 4) is 11.8 Å².